The topological polar surface area (TPSA) is 130 Å². The van der Waals surface area contributed by atoms with Gasteiger partial charge in [-0.15, -0.1) is 0 Å². The molecule has 0 saturated heterocycles. The highest BCUT2D eigenvalue weighted by Crippen LogP contribution is 2.49. The number of benzene rings is 2. The van der Waals surface area contributed by atoms with E-state index < -0.39 is 34.6 Å². The van der Waals surface area contributed by atoms with Gasteiger partial charge in [-0.05, 0) is 19.1 Å². The highest BCUT2D eigenvalue weighted by Gasteiger charge is 2.32. The average Bonchev–Trinajstić information content (AvgIpc) is 3.23. The zero-order chi connectivity index (χ0) is 23.0. The van der Waals surface area contributed by atoms with Crippen LogP contribution in [0.25, 0.3) is 22.3 Å². The number of aromatic hydroxyl groups is 3. The standard InChI is InChI=1S/C24H20O8/c1-12-8-9-16(31-12)14(10-18(26)30-2)19-21(27)23(29)22(28)20-15(25)11-17(32-24(19)20)13-6-4-3-5-7-13/h3-9,11,14,27-29H,10H2,1-2H3/t14-/m1/s1. The number of phenolic OH excluding ortho intramolecular Hbond substituents is 3. The monoisotopic (exact) mass is 436 g/mol. The summed E-state index contributed by atoms with van der Waals surface area (Å²) in [7, 11) is 1.21. The van der Waals surface area contributed by atoms with Crippen molar-refractivity contribution in [2.75, 3.05) is 7.11 Å². The van der Waals surface area contributed by atoms with E-state index in [-0.39, 0.29) is 34.5 Å². The maximum Gasteiger partial charge on any atom is 0.306 e. The van der Waals surface area contributed by atoms with Crippen LogP contribution in [0.15, 0.2) is 62.2 Å². The van der Waals surface area contributed by atoms with Gasteiger partial charge in [0, 0.05) is 11.6 Å². The molecule has 3 N–H and O–H groups in total. The Morgan fingerprint density at radius 1 is 1.00 bits per heavy atom. The van der Waals surface area contributed by atoms with Crippen molar-refractivity contribution in [2.45, 2.75) is 19.3 Å². The summed E-state index contributed by atoms with van der Waals surface area (Å²) in [5, 5.41) is 31.2. The summed E-state index contributed by atoms with van der Waals surface area (Å²) in [6.45, 7) is 1.71. The third-order valence-corrected chi connectivity index (χ3v) is 5.24. The molecule has 4 rings (SSSR count). The maximum atomic E-state index is 12.9. The van der Waals surface area contributed by atoms with E-state index in [1.165, 1.54) is 13.2 Å². The fourth-order valence-electron chi connectivity index (χ4n) is 3.68. The largest absolute Gasteiger partial charge is 0.504 e. The van der Waals surface area contributed by atoms with Crippen LogP contribution < -0.4 is 5.43 Å². The van der Waals surface area contributed by atoms with Gasteiger partial charge in [-0.25, -0.2) is 0 Å². The molecule has 8 nitrogen and oxygen atoms in total. The van der Waals surface area contributed by atoms with Gasteiger partial charge in [0.25, 0.3) is 0 Å². The Balaban J connectivity index is 2.08. The second kappa shape index (κ2) is 8.14. The molecule has 0 unspecified atom stereocenters. The van der Waals surface area contributed by atoms with Crippen molar-refractivity contribution < 1.29 is 33.7 Å². The Hall–Kier alpha value is -4.20. The van der Waals surface area contributed by atoms with E-state index in [1.54, 1.807) is 49.4 Å². The van der Waals surface area contributed by atoms with E-state index in [2.05, 4.69) is 0 Å². The molecule has 2 heterocycles. The molecule has 0 aliphatic heterocycles. The van der Waals surface area contributed by atoms with Crippen LogP contribution in [0.4, 0.5) is 0 Å². The Morgan fingerprint density at radius 2 is 1.72 bits per heavy atom. The number of methoxy groups -OCH3 is 1. The number of carbonyl (C=O) groups is 1. The molecule has 1 atom stereocenters. The predicted molar refractivity (Wildman–Crippen MR) is 115 cm³/mol. The summed E-state index contributed by atoms with van der Waals surface area (Å²) in [5.74, 6) is -3.03. The molecular weight excluding hydrogens is 416 g/mol. The minimum absolute atomic E-state index is 0.0788. The van der Waals surface area contributed by atoms with Crippen LogP contribution in [0, 0.1) is 6.92 Å². The van der Waals surface area contributed by atoms with Gasteiger partial charge in [0.2, 0.25) is 5.75 Å². The zero-order valence-electron chi connectivity index (χ0n) is 17.3. The molecule has 8 heteroatoms. The third-order valence-electron chi connectivity index (χ3n) is 5.24. The number of hydrogen-bond acceptors (Lipinski definition) is 8. The Bertz CT molecular complexity index is 1360. The average molecular weight is 436 g/mol. The van der Waals surface area contributed by atoms with Gasteiger partial charge in [-0.2, -0.15) is 0 Å². The minimum atomic E-state index is -0.973. The van der Waals surface area contributed by atoms with Gasteiger partial charge in [-0.1, -0.05) is 30.3 Å². The SMILES string of the molecule is COC(=O)C[C@H](c1ccc(C)o1)c1c(O)c(O)c(O)c2c(=O)cc(-c3ccccc3)oc12. The van der Waals surface area contributed by atoms with Crippen LogP contribution >= 0.6 is 0 Å². The summed E-state index contributed by atoms with van der Waals surface area (Å²) in [6, 6.07) is 13.2. The molecule has 0 saturated carbocycles. The fraction of sp³-hybridized carbons (Fsp3) is 0.167. The molecule has 0 amide bonds. The van der Waals surface area contributed by atoms with E-state index >= 15 is 0 Å². The lowest BCUT2D eigenvalue weighted by atomic mass is 9.90. The Kier molecular flexibility index (Phi) is 5.36. The van der Waals surface area contributed by atoms with Crippen molar-refractivity contribution in [3.8, 4) is 28.6 Å². The fourth-order valence-corrected chi connectivity index (χ4v) is 3.68. The predicted octanol–water partition coefficient (Wildman–Crippen LogP) is 4.17. The van der Waals surface area contributed by atoms with Crippen molar-refractivity contribution in [3.05, 3.63) is 75.8 Å². The number of aryl methyl sites for hydroxylation is 1. The number of furan rings is 1. The highest BCUT2D eigenvalue weighted by molar-refractivity contribution is 5.93. The van der Waals surface area contributed by atoms with Crippen LogP contribution in [0.5, 0.6) is 17.2 Å². The number of fused-ring (bicyclic) bond motifs is 1. The molecule has 4 aromatic rings. The van der Waals surface area contributed by atoms with Gasteiger partial charge in [0.05, 0.1) is 25.0 Å². The number of hydrogen-bond donors (Lipinski definition) is 3. The zero-order valence-corrected chi connectivity index (χ0v) is 17.3. The van der Waals surface area contributed by atoms with Gasteiger partial charge in [0.15, 0.2) is 16.9 Å². The maximum absolute atomic E-state index is 12.9. The van der Waals surface area contributed by atoms with E-state index in [0.29, 0.717) is 11.3 Å². The summed E-state index contributed by atoms with van der Waals surface area (Å²) >= 11 is 0. The van der Waals surface area contributed by atoms with Gasteiger partial charge in [0.1, 0.15) is 28.2 Å². The van der Waals surface area contributed by atoms with Crippen LogP contribution in [0.3, 0.4) is 0 Å². The van der Waals surface area contributed by atoms with Crippen LogP contribution in [0.1, 0.15) is 29.4 Å². The van der Waals surface area contributed by atoms with Crippen LogP contribution in [-0.2, 0) is 9.53 Å². The molecule has 0 aliphatic rings. The Labute approximate surface area is 181 Å². The molecule has 0 radical (unpaired) electrons. The number of phenols is 3. The first kappa shape index (κ1) is 21.0. The molecular formula is C24H20O8. The van der Waals surface area contributed by atoms with Crippen molar-refractivity contribution >= 4 is 16.9 Å². The number of ether oxygens (including phenoxy) is 1. The number of carbonyl (C=O) groups excluding carboxylic acids is 1. The third kappa shape index (κ3) is 3.56. The van der Waals surface area contributed by atoms with Gasteiger partial charge >= 0.3 is 5.97 Å². The second-order valence-electron chi connectivity index (χ2n) is 7.29. The van der Waals surface area contributed by atoms with E-state index in [1.807, 2.05) is 0 Å². The number of esters is 1. The van der Waals surface area contributed by atoms with Crippen LogP contribution in [0.2, 0.25) is 0 Å². The first-order valence-electron chi connectivity index (χ1n) is 9.75. The summed E-state index contributed by atoms with van der Waals surface area (Å²) in [4.78, 5) is 25.1. The smallest absolute Gasteiger partial charge is 0.306 e. The molecule has 0 spiro atoms. The van der Waals surface area contributed by atoms with Gasteiger partial charge < -0.3 is 28.9 Å². The lowest BCUT2D eigenvalue weighted by Crippen LogP contribution is -2.12. The second-order valence-corrected chi connectivity index (χ2v) is 7.29. The van der Waals surface area contributed by atoms with Crippen molar-refractivity contribution in [2.24, 2.45) is 0 Å². The molecule has 0 bridgehead atoms. The van der Waals surface area contributed by atoms with Gasteiger partial charge in [-0.3, -0.25) is 9.59 Å². The van der Waals surface area contributed by atoms with Crippen LogP contribution in [-0.4, -0.2) is 28.4 Å². The first-order valence-corrected chi connectivity index (χ1v) is 9.75. The molecule has 2 aromatic heterocycles. The lowest BCUT2D eigenvalue weighted by molar-refractivity contribution is -0.140. The summed E-state index contributed by atoms with van der Waals surface area (Å²) in [5.41, 5.74) is -0.300. The normalized spacial score (nSPS) is 12.1. The van der Waals surface area contributed by atoms with E-state index in [9.17, 15) is 24.9 Å². The molecule has 0 fully saturated rings. The number of rotatable bonds is 5. The quantitative estimate of drug-likeness (QED) is 0.314. The van der Waals surface area contributed by atoms with Crippen molar-refractivity contribution in [1.82, 2.24) is 0 Å². The van der Waals surface area contributed by atoms with Crippen molar-refractivity contribution in [1.29, 1.82) is 0 Å². The van der Waals surface area contributed by atoms with E-state index in [0.717, 1.165) is 0 Å². The summed E-state index contributed by atoms with van der Waals surface area (Å²) in [6.07, 6.45) is -0.282. The lowest BCUT2D eigenvalue weighted by Gasteiger charge is -2.19. The Morgan fingerprint density at radius 3 is 2.34 bits per heavy atom. The highest BCUT2D eigenvalue weighted by atomic mass is 16.5. The minimum Gasteiger partial charge on any atom is -0.504 e. The molecule has 32 heavy (non-hydrogen) atoms. The van der Waals surface area contributed by atoms with Crippen molar-refractivity contribution in [3.63, 3.8) is 0 Å². The molecule has 2 aromatic carbocycles. The van der Waals surface area contributed by atoms with E-state index in [4.69, 9.17) is 13.6 Å². The molecule has 0 aliphatic carbocycles. The summed E-state index contributed by atoms with van der Waals surface area (Å²) < 4.78 is 16.4. The molecule has 164 valence electrons. The first-order chi connectivity index (χ1) is 15.3.